The van der Waals surface area contributed by atoms with E-state index in [0.717, 1.165) is 37.1 Å². The lowest BCUT2D eigenvalue weighted by Crippen LogP contribution is -2.29. The summed E-state index contributed by atoms with van der Waals surface area (Å²) in [4.78, 5) is 4.51. The zero-order valence-corrected chi connectivity index (χ0v) is 19.7. The molecular formula is C27H34N4O2. The lowest BCUT2D eigenvalue weighted by Gasteiger charge is -2.25. The van der Waals surface area contributed by atoms with Crippen LogP contribution in [0.3, 0.4) is 0 Å². The van der Waals surface area contributed by atoms with Crippen LogP contribution in [-0.4, -0.2) is 23.2 Å². The second-order valence-electron chi connectivity index (χ2n) is 9.82. The minimum atomic E-state index is 0.0972. The highest BCUT2D eigenvalue weighted by Gasteiger charge is 2.23. The molecule has 6 heteroatoms. The molecule has 6 nitrogen and oxygen atoms in total. The van der Waals surface area contributed by atoms with Crippen LogP contribution >= 0.6 is 0 Å². The third-order valence-corrected chi connectivity index (χ3v) is 6.33. The molecule has 33 heavy (non-hydrogen) atoms. The Labute approximate surface area is 196 Å². The first kappa shape index (κ1) is 22.9. The number of piperidine rings is 1. The molecule has 0 aliphatic carbocycles. The minimum absolute atomic E-state index is 0.0972. The van der Waals surface area contributed by atoms with Crippen LogP contribution in [0.5, 0.6) is 11.5 Å². The maximum Gasteiger partial charge on any atom is 0.147 e. The molecule has 3 aromatic rings. The second-order valence-corrected chi connectivity index (χ2v) is 9.82. The standard InChI is InChI=1S/C27H34N4O2/c1-27(2,3)19-11-9-17(10-12-19)16-33-23-8-4-7-22(32)24(23)21-14-20(25(28)26(29)31-21)18-6-5-13-30-15-18/h4,7-12,14,18,30,32H,5-6,13,15-16,28H2,1-3H3,(H2,29,31). The molecule has 0 amide bonds. The van der Waals surface area contributed by atoms with Crippen LogP contribution in [0.15, 0.2) is 48.5 Å². The van der Waals surface area contributed by atoms with Gasteiger partial charge in [-0.2, -0.15) is 0 Å². The Morgan fingerprint density at radius 2 is 1.88 bits per heavy atom. The zero-order chi connectivity index (χ0) is 23.6. The molecule has 2 aromatic carbocycles. The predicted octanol–water partition coefficient (Wildman–Crippen LogP) is 4.96. The van der Waals surface area contributed by atoms with E-state index in [-0.39, 0.29) is 22.9 Å². The van der Waals surface area contributed by atoms with Gasteiger partial charge in [0.15, 0.2) is 0 Å². The smallest absolute Gasteiger partial charge is 0.147 e. The number of phenols is 1. The summed E-state index contributed by atoms with van der Waals surface area (Å²) in [6.45, 7) is 8.83. The van der Waals surface area contributed by atoms with E-state index in [4.69, 9.17) is 16.2 Å². The summed E-state index contributed by atoms with van der Waals surface area (Å²) in [5, 5.41) is 14.1. The van der Waals surface area contributed by atoms with Gasteiger partial charge in [-0.05, 0) is 65.6 Å². The largest absolute Gasteiger partial charge is 0.507 e. The molecule has 4 rings (SSSR count). The third kappa shape index (κ3) is 5.06. The second kappa shape index (κ2) is 9.32. The van der Waals surface area contributed by atoms with E-state index in [2.05, 4.69) is 55.3 Å². The summed E-state index contributed by atoms with van der Waals surface area (Å²) in [7, 11) is 0. The molecule has 0 radical (unpaired) electrons. The number of anilines is 2. The number of aromatic nitrogens is 1. The fourth-order valence-electron chi connectivity index (χ4n) is 4.34. The molecular weight excluding hydrogens is 412 g/mol. The van der Waals surface area contributed by atoms with Gasteiger partial charge in [0.05, 0.1) is 16.9 Å². The molecule has 1 fully saturated rings. The lowest BCUT2D eigenvalue weighted by atomic mass is 9.87. The number of pyridine rings is 1. The van der Waals surface area contributed by atoms with Crippen molar-refractivity contribution in [3.63, 3.8) is 0 Å². The highest BCUT2D eigenvalue weighted by molar-refractivity contribution is 5.78. The molecule has 2 heterocycles. The van der Waals surface area contributed by atoms with Crippen molar-refractivity contribution in [2.24, 2.45) is 0 Å². The number of phenolic OH excluding ortho intramolecular Hbond substituents is 1. The van der Waals surface area contributed by atoms with Gasteiger partial charge in [0.2, 0.25) is 0 Å². The Balaban J connectivity index is 1.64. The van der Waals surface area contributed by atoms with E-state index in [1.165, 1.54) is 5.56 Å². The fourth-order valence-corrected chi connectivity index (χ4v) is 4.34. The summed E-state index contributed by atoms with van der Waals surface area (Å²) in [6, 6.07) is 15.6. The molecule has 0 spiro atoms. The quantitative estimate of drug-likeness (QED) is 0.441. The maximum atomic E-state index is 10.7. The monoisotopic (exact) mass is 446 g/mol. The number of nitrogens with zero attached hydrogens (tertiary/aromatic N) is 1. The number of aromatic hydroxyl groups is 1. The molecule has 0 bridgehead atoms. The highest BCUT2D eigenvalue weighted by Crippen LogP contribution is 2.41. The van der Waals surface area contributed by atoms with Crippen molar-refractivity contribution in [1.82, 2.24) is 10.3 Å². The van der Waals surface area contributed by atoms with E-state index in [1.54, 1.807) is 12.1 Å². The maximum absolute atomic E-state index is 10.7. The average molecular weight is 447 g/mol. The molecule has 174 valence electrons. The summed E-state index contributed by atoms with van der Waals surface area (Å²) in [5.74, 6) is 1.19. The number of nitrogen functional groups attached to an aromatic ring is 2. The van der Waals surface area contributed by atoms with E-state index in [0.29, 0.717) is 29.3 Å². The van der Waals surface area contributed by atoms with Gasteiger partial charge in [-0.15, -0.1) is 0 Å². The van der Waals surface area contributed by atoms with Crippen LogP contribution in [0.4, 0.5) is 11.5 Å². The SMILES string of the molecule is CC(C)(C)c1ccc(COc2cccc(O)c2-c2cc(C3CCCNC3)c(N)c(N)n2)cc1. The third-order valence-electron chi connectivity index (χ3n) is 6.33. The molecule has 1 saturated heterocycles. The van der Waals surface area contributed by atoms with Gasteiger partial charge in [0.1, 0.15) is 23.9 Å². The molecule has 1 aliphatic heterocycles. The normalized spacial score (nSPS) is 16.5. The Morgan fingerprint density at radius 3 is 2.55 bits per heavy atom. The molecule has 6 N–H and O–H groups in total. The van der Waals surface area contributed by atoms with E-state index >= 15 is 0 Å². The van der Waals surface area contributed by atoms with E-state index < -0.39 is 0 Å². The van der Waals surface area contributed by atoms with Gasteiger partial charge >= 0.3 is 0 Å². The number of hydrogen-bond donors (Lipinski definition) is 4. The summed E-state index contributed by atoms with van der Waals surface area (Å²) < 4.78 is 6.15. The van der Waals surface area contributed by atoms with Gasteiger partial charge in [-0.25, -0.2) is 4.98 Å². The van der Waals surface area contributed by atoms with Gasteiger partial charge in [0, 0.05) is 6.54 Å². The summed E-state index contributed by atoms with van der Waals surface area (Å²) >= 11 is 0. The topological polar surface area (TPSA) is 106 Å². The lowest BCUT2D eigenvalue weighted by molar-refractivity contribution is 0.306. The summed E-state index contributed by atoms with van der Waals surface area (Å²) in [5.41, 5.74) is 17.5. The van der Waals surface area contributed by atoms with Crippen LogP contribution in [0.2, 0.25) is 0 Å². The number of rotatable bonds is 5. The number of hydrogen-bond acceptors (Lipinski definition) is 6. The van der Waals surface area contributed by atoms with Crippen LogP contribution < -0.4 is 21.5 Å². The first-order chi connectivity index (χ1) is 15.7. The zero-order valence-electron chi connectivity index (χ0n) is 19.7. The van der Waals surface area contributed by atoms with Gasteiger partial charge < -0.3 is 26.6 Å². The van der Waals surface area contributed by atoms with Crippen molar-refractivity contribution in [2.45, 2.75) is 51.6 Å². The van der Waals surface area contributed by atoms with Crippen molar-refractivity contribution < 1.29 is 9.84 Å². The Kier molecular flexibility index (Phi) is 6.47. The Morgan fingerprint density at radius 1 is 1.12 bits per heavy atom. The van der Waals surface area contributed by atoms with Crippen LogP contribution in [-0.2, 0) is 12.0 Å². The van der Waals surface area contributed by atoms with E-state index in [1.807, 2.05) is 12.1 Å². The molecule has 1 atom stereocenters. The molecule has 1 aromatic heterocycles. The van der Waals surface area contributed by atoms with Gasteiger partial charge in [0.25, 0.3) is 0 Å². The van der Waals surface area contributed by atoms with E-state index in [9.17, 15) is 5.11 Å². The van der Waals surface area contributed by atoms with Crippen molar-refractivity contribution >= 4 is 11.5 Å². The number of ether oxygens (including phenoxy) is 1. The fraction of sp³-hybridized carbons (Fsp3) is 0.370. The van der Waals surface area contributed by atoms with Crippen molar-refractivity contribution in [3.05, 3.63) is 65.2 Å². The highest BCUT2D eigenvalue weighted by atomic mass is 16.5. The molecule has 1 aliphatic rings. The van der Waals surface area contributed by atoms with Crippen molar-refractivity contribution in [1.29, 1.82) is 0 Å². The molecule has 1 unspecified atom stereocenters. The van der Waals surface area contributed by atoms with Crippen molar-refractivity contribution in [3.8, 4) is 22.8 Å². The number of nitrogens with one attached hydrogen (secondary N) is 1. The first-order valence-corrected chi connectivity index (χ1v) is 11.5. The van der Waals surface area contributed by atoms with Crippen LogP contribution in [0, 0.1) is 0 Å². The Hall–Kier alpha value is -3.25. The van der Waals surface area contributed by atoms with Crippen LogP contribution in [0.25, 0.3) is 11.3 Å². The van der Waals surface area contributed by atoms with Gasteiger partial charge in [-0.3, -0.25) is 0 Å². The average Bonchev–Trinajstić information content (AvgIpc) is 2.80. The Bertz CT molecular complexity index is 1110. The van der Waals surface area contributed by atoms with Crippen LogP contribution in [0.1, 0.15) is 56.2 Å². The minimum Gasteiger partial charge on any atom is -0.507 e. The number of benzene rings is 2. The van der Waals surface area contributed by atoms with Gasteiger partial charge in [-0.1, -0.05) is 51.1 Å². The van der Waals surface area contributed by atoms with Crippen molar-refractivity contribution in [2.75, 3.05) is 24.6 Å². The molecule has 0 saturated carbocycles. The predicted molar refractivity (Wildman–Crippen MR) is 134 cm³/mol. The first-order valence-electron chi connectivity index (χ1n) is 11.5. The summed E-state index contributed by atoms with van der Waals surface area (Å²) in [6.07, 6.45) is 2.12. The number of nitrogens with two attached hydrogens (primary N) is 2.